The number of nitrogens with zero attached hydrogens (tertiary/aromatic N) is 2. The molecule has 18 heavy (non-hydrogen) atoms. The molecule has 1 N–H and O–H groups in total. The summed E-state index contributed by atoms with van der Waals surface area (Å²) in [6.45, 7) is 10.0. The van der Waals surface area contributed by atoms with Gasteiger partial charge in [-0.3, -0.25) is 0 Å². The second kappa shape index (κ2) is 5.20. The molecule has 0 unspecified atom stereocenters. The molecule has 0 saturated carbocycles. The molecule has 1 aliphatic heterocycles. The fourth-order valence-electron chi connectivity index (χ4n) is 2.05. The fourth-order valence-corrected chi connectivity index (χ4v) is 2.05. The molecule has 5 heteroatoms. The molecule has 0 aliphatic carbocycles. The highest BCUT2D eigenvalue weighted by atomic mass is 16.7. The van der Waals surface area contributed by atoms with Gasteiger partial charge in [0.1, 0.15) is 11.6 Å². The molecule has 1 aliphatic rings. The highest BCUT2D eigenvalue weighted by Crippen LogP contribution is 2.23. The Kier molecular flexibility index (Phi) is 3.82. The van der Waals surface area contributed by atoms with E-state index in [0.29, 0.717) is 13.2 Å². The van der Waals surface area contributed by atoms with Crippen LogP contribution in [-0.4, -0.2) is 35.5 Å². The largest absolute Gasteiger partial charge is 0.370 e. The van der Waals surface area contributed by atoms with Gasteiger partial charge >= 0.3 is 0 Å². The summed E-state index contributed by atoms with van der Waals surface area (Å²) in [5, 5.41) is 3.34. The fraction of sp³-hybridized carbons (Fsp3) is 0.692. The van der Waals surface area contributed by atoms with Crippen molar-refractivity contribution in [1.82, 2.24) is 9.97 Å². The quantitative estimate of drug-likeness (QED) is 0.886. The average molecular weight is 251 g/mol. The number of nitrogens with one attached hydrogen (secondary N) is 1. The van der Waals surface area contributed by atoms with Crippen molar-refractivity contribution >= 4 is 5.82 Å². The summed E-state index contributed by atoms with van der Waals surface area (Å²) < 4.78 is 11.1. The van der Waals surface area contributed by atoms with Crippen molar-refractivity contribution in [3.63, 3.8) is 0 Å². The third-order valence-corrected chi connectivity index (χ3v) is 3.27. The van der Waals surface area contributed by atoms with Gasteiger partial charge < -0.3 is 14.8 Å². The molecule has 0 radical (unpaired) electrons. The molecule has 2 heterocycles. The van der Waals surface area contributed by atoms with E-state index in [2.05, 4.69) is 15.3 Å². The number of ether oxygens (including phenoxy) is 2. The van der Waals surface area contributed by atoms with Crippen molar-refractivity contribution in [3.05, 3.63) is 17.1 Å². The third kappa shape index (κ3) is 2.97. The zero-order valence-corrected chi connectivity index (χ0v) is 11.5. The number of aryl methyl sites for hydroxylation is 2. The lowest BCUT2D eigenvalue weighted by Crippen LogP contribution is -2.28. The normalized spacial score (nSPS) is 18.0. The van der Waals surface area contributed by atoms with Crippen LogP contribution in [0.2, 0.25) is 0 Å². The van der Waals surface area contributed by atoms with Gasteiger partial charge in [-0.2, -0.15) is 0 Å². The van der Waals surface area contributed by atoms with Gasteiger partial charge in [-0.1, -0.05) is 0 Å². The monoisotopic (exact) mass is 251 g/mol. The van der Waals surface area contributed by atoms with E-state index in [4.69, 9.17) is 9.47 Å². The smallest absolute Gasteiger partial charge is 0.167 e. The average Bonchev–Trinajstić information content (AvgIpc) is 2.72. The van der Waals surface area contributed by atoms with E-state index in [9.17, 15) is 0 Å². The Morgan fingerprint density at radius 3 is 2.50 bits per heavy atom. The van der Waals surface area contributed by atoms with Crippen LogP contribution in [0.5, 0.6) is 0 Å². The molecular formula is C13H21N3O2. The lowest BCUT2D eigenvalue weighted by Gasteiger charge is -2.22. The lowest BCUT2D eigenvalue weighted by atomic mass is 10.2. The molecule has 1 aromatic heterocycles. The molecule has 1 aromatic rings. The Morgan fingerprint density at radius 1 is 1.17 bits per heavy atom. The SMILES string of the molecule is Cc1nc(C)c(C)c(NCCC2(C)OCCO2)n1. The molecule has 0 atom stereocenters. The summed E-state index contributed by atoms with van der Waals surface area (Å²) in [7, 11) is 0. The van der Waals surface area contributed by atoms with Crippen molar-refractivity contribution in [2.75, 3.05) is 25.1 Å². The predicted octanol–water partition coefficient (Wildman–Crippen LogP) is 1.97. The minimum Gasteiger partial charge on any atom is -0.370 e. The maximum absolute atomic E-state index is 5.56. The van der Waals surface area contributed by atoms with Crippen LogP contribution in [0.1, 0.15) is 30.4 Å². The molecule has 2 rings (SSSR count). The summed E-state index contributed by atoms with van der Waals surface area (Å²) in [6, 6.07) is 0. The van der Waals surface area contributed by atoms with Gasteiger partial charge in [0.25, 0.3) is 0 Å². The number of anilines is 1. The minimum absolute atomic E-state index is 0.446. The van der Waals surface area contributed by atoms with Crippen LogP contribution in [-0.2, 0) is 9.47 Å². The molecular weight excluding hydrogens is 230 g/mol. The molecule has 0 aromatic carbocycles. The topological polar surface area (TPSA) is 56.3 Å². The first-order chi connectivity index (χ1) is 8.50. The maximum Gasteiger partial charge on any atom is 0.167 e. The number of aromatic nitrogens is 2. The third-order valence-electron chi connectivity index (χ3n) is 3.27. The van der Waals surface area contributed by atoms with E-state index >= 15 is 0 Å². The minimum atomic E-state index is -0.446. The van der Waals surface area contributed by atoms with Crippen molar-refractivity contribution in [1.29, 1.82) is 0 Å². The first-order valence-corrected chi connectivity index (χ1v) is 6.34. The van der Waals surface area contributed by atoms with Gasteiger partial charge in [0.15, 0.2) is 5.79 Å². The Morgan fingerprint density at radius 2 is 1.83 bits per heavy atom. The van der Waals surface area contributed by atoms with Crippen LogP contribution in [0.15, 0.2) is 0 Å². The summed E-state index contributed by atoms with van der Waals surface area (Å²) in [4.78, 5) is 8.75. The predicted molar refractivity (Wildman–Crippen MR) is 69.7 cm³/mol. The number of hydrogen-bond acceptors (Lipinski definition) is 5. The van der Waals surface area contributed by atoms with E-state index in [0.717, 1.165) is 35.9 Å². The van der Waals surface area contributed by atoms with E-state index in [1.54, 1.807) is 0 Å². The van der Waals surface area contributed by atoms with Crippen LogP contribution in [0.4, 0.5) is 5.82 Å². The van der Waals surface area contributed by atoms with Crippen molar-refractivity contribution in [2.24, 2.45) is 0 Å². The molecule has 100 valence electrons. The highest BCUT2D eigenvalue weighted by Gasteiger charge is 2.30. The van der Waals surface area contributed by atoms with Crippen LogP contribution in [0, 0.1) is 20.8 Å². The molecule has 0 amide bonds. The first-order valence-electron chi connectivity index (χ1n) is 6.34. The summed E-state index contributed by atoms with van der Waals surface area (Å²) in [5.74, 6) is 1.25. The Balaban J connectivity index is 1.94. The van der Waals surface area contributed by atoms with E-state index in [-0.39, 0.29) is 0 Å². The van der Waals surface area contributed by atoms with Crippen LogP contribution < -0.4 is 5.32 Å². The van der Waals surface area contributed by atoms with Gasteiger partial charge in [0.05, 0.1) is 13.2 Å². The molecule has 0 spiro atoms. The molecule has 1 fully saturated rings. The summed E-state index contributed by atoms with van der Waals surface area (Å²) >= 11 is 0. The Bertz CT molecular complexity index is 428. The zero-order chi connectivity index (χ0) is 13.2. The van der Waals surface area contributed by atoms with Crippen LogP contribution in [0.25, 0.3) is 0 Å². The second-order valence-electron chi connectivity index (χ2n) is 4.84. The standard InChI is InChI=1S/C13H21N3O2/c1-9-10(2)15-11(3)16-12(9)14-6-5-13(4)17-7-8-18-13/h5-8H2,1-4H3,(H,14,15,16). The number of rotatable bonds is 4. The van der Waals surface area contributed by atoms with Gasteiger partial charge in [-0.25, -0.2) is 9.97 Å². The maximum atomic E-state index is 5.56. The van der Waals surface area contributed by atoms with Gasteiger partial charge in [0.2, 0.25) is 0 Å². The zero-order valence-electron chi connectivity index (χ0n) is 11.5. The highest BCUT2D eigenvalue weighted by molar-refractivity contribution is 5.45. The molecule has 5 nitrogen and oxygen atoms in total. The molecule has 0 bridgehead atoms. The van der Waals surface area contributed by atoms with Crippen molar-refractivity contribution in [2.45, 2.75) is 39.9 Å². The van der Waals surface area contributed by atoms with E-state index in [1.165, 1.54) is 0 Å². The van der Waals surface area contributed by atoms with Crippen molar-refractivity contribution in [3.8, 4) is 0 Å². The van der Waals surface area contributed by atoms with E-state index in [1.807, 2.05) is 27.7 Å². The summed E-state index contributed by atoms with van der Waals surface area (Å²) in [6.07, 6.45) is 0.800. The van der Waals surface area contributed by atoms with Crippen LogP contribution in [0.3, 0.4) is 0 Å². The first kappa shape index (κ1) is 13.2. The second-order valence-corrected chi connectivity index (χ2v) is 4.84. The van der Waals surface area contributed by atoms with Crippen LogP contribution >= 0.6 is 0 Å². The summed E-state index contributed by atoms with van der Waals surface area (Å²) in [5.41, 5.74) is 2.11. The van der Waals surface area contributed by atoms with E-state index < -0.39 is 5.79 Å². The molecule has 1 saturated heterocycles. The Labute approximate surface area is 108 Å². The van der Waals surface area contributed by atoms with Gasteiger partial charge in [-0.15, -0.1) is 0 Å². The lowest BCUT2D eigenvalue weighted by molar-refractivity contribution is -0.144. The number of hydrogen-bond donors (Lipinski definition) is 1. The van der Waals surface area contributed by atoms with Gasteiger partial charge in [-0.05, 0) is 27.7 Å². The van der Waals surface area contributed by atoms with Crippen molar-refractivity contribution < 1.29 is 9.47 Å². The van der Waals surface area contributed by atoms with Gasteiger partial charge in [0, 0.05) is 24.2 Å². The Hall–Kier alpha value is -1.20.